The van der Waals surface area contributed by atoms with E-state index >= 15 is 0 Å². The third-order valence-electron chi connectivity index (χ3n) is 3.90. The highest BCUT2D eigenvalue weighted by Gasteiger charge is 2.17. The topological polar surface area (TPSA) is 61.4 Å². The van der Waals surface area contributed by atoms with E-state index in [1.54, 1.807) is 18.2 Å². The largest absolute Gasteiger partial charge is 0.354 e. The number of hydrogen-bond acceptors (Lipinski definition) is 5. The number of hydrogen-bond donors (Lipinski definition) is 1. The molecule has 0 spiro atoms. The van der Waals surface area contributed by atoms with Gasteiger partial charge in [-0.1, -0.05) is 23.2 Å². The quantitative estimate of drug-likeness (QED) is 0.905. The Morgan fingerprint density at radius 2 is 1.88 bits per heavy atom. The van der Waals surface area contributed by atoms with Crippen molar-refractivity contribution in [2.75, 3.05) is 43.4 Å². The molecule has 0 unspecified atom stereocenters. The van der Waals surface area contributed by atoms with Crippen LogP contribution in [-0.2, 0) is 0 Å². The van der Waals surface area contributed by atoms with Crippen molar-refractivity contribution in [3.63, 3.8) is 0 Å². The van der Waals surface area contributed by atoms with Crippen LogP contribution in [-0.4, -0.2) is 54.0 Å². The lowest BCUT2D eigenvalue weighted by Gasteiger charge is -2.33. The number of amides is 1. The molecule has 24 heavy (non-hydrogen) atoms. The van der Waals surface area contributed by atoms with Crippen molar-refractivity contribution in [3.05, 3.63) is 46.2 Å². The fourth-order valence-electron chi connectivity index (χ4n) is 2.48. The normalized spacial score (nSPS) is 15.4. The molecule has 1 aliphatic rings. The maximum atomic E-state index is 12.4. The molecule has 126 valence electrons. The minimum Gasteiger partial charge on any atom is -0.354 e. The molecule has 1 N–H and O–H groups in total. The molecule has 1 aromatic heterocycles. The third kappa shape index (κ3) is 3.95. The Balaban J connectivity index is 1.73. The number of carbonyl (C=O) groups excluding carboxylic acids is 1. The molecule has 1 aromatic carbocycles. The number of likely N-dealkylation sites (N-methyl/N-ethyl adjacent to an activating group) is 1. The van der Waals surface area contributed by atoms with Crippen molar-refractivity contribution < 1.29 is 4.79 Å². The van der Waals surface area contributed by atoms with Crippen LogP contribution in [0.4, 0.5) is 11.6 Å². The Morgan fingerprint density at radius 1 is 1.12 bits per heavy atom. The molecule has 8 heteroatoms. The monoisotopic (exact) mass is 365 g/mol. The van der Waals surface area contributed by atoms with Gasteiger partial charge in [0.2, 0.25) is 0 Å². The number of halogens is 2. The first-order valence-corrected chi connectivity index (χ1v) is 8.30. The smallest absolute Gasteiger partial charge is 0.258 e. The van der Waals surface area contributed by atoms with Crippen molar-refractivity contribution in [2.45, 2.75) is 0 Å². The Kier molecular flexibility index (Phi) is 5.18. The number of piperazine rings is 1. The number of nitrogens with zero attached hydrogens (tertiary/aromatic N) is 4. The molecule has 0 radical (unpaired) electrons. The zero-order valence-electron chi connectivity index (χ0n) is 13.2. The second-order valence-corrected chi connectivity index (χ2v) is 6.47. The molecule has 0 aliphatic carbocycles. The first kappa shape index (κ1) is 17.0. The standard InChI is InChI=1S/C16H17Cl2N5O/c1-22-4-6-23(7-5-22)15-9-14(19-10-20-15)21-16(24)12-3-2-11(17)8-13(12)18/h2-3,8-10H,4-7H2,1H3,(H,19,20,21,24). The van der Waals surface area contributed by atoms with E-state index in [4.69, 9.17) is 23.2 Å². The molecule has 1 amide bonds. The van der Waals surface area contributed by atoms with Gasteiger partial charge in [0.25, 0.3) is 5.91 Å². The van der Waals surface area contributed by atoms with Gasteiger partial charge in [0, 0.05) is 37.3 Å². The Hall–Kier alpha value is -1.89. The van der Waals surface area contributed by atoms with E-state index in [2.05, 4.69) is 32.1 Å². The molecule has 3 rings (SSSR count). The molecule has 0 atom stereocenters. The number of carbonyl (C=O) groups is 1. The van der Waals surface area contributed by atoms with Crippen molar-refractivity contribution in [1.29, 1.82) is 0 Å². The van der Waals surface area contributed by atoms with Crippen molar-refractivity contribution >= 4 is 40.7 Å². The Bertz CT molecular complexity index is 747. The van der Waals surface area contributed by atoms with Gasteiger partial charge in [0.05, 0.1) is 10.6 Å². The summed E-state index contributed by atoms with van der Waals surface area (Å²) in [6, 6.07) is 6.52. The molecule has 0 bridgehead atoms. The average Bonchev–Trinajstić information content (AvgIpc) is 2.55. The van der Waals surface area contributed by atoms with E-state index in [1.807, 2.05) is 0 Å². The van der Waals surface area contributed by atoms with E-state index in [0.29, 0.717) is 21.4 Å². The second-order valence-electron chi connectivity index (χ2n) is 5.63. The van der Waals surface area contributed by atoms with Gasteiger partial charge >= 0.3 is 0 Å². The molecule has 2 heterocycles. The van der Waals surface area contributed by atoms with Gasteiger partial charge < -0.3 is 15.1 Å². The lowest BCUT2D eigenvalue weighted by atomic mass is 10.2. The molecule has 2 aromatic rings. The molecule has 1 saturated heterocycles. The molecule has 1 fully saturated rings. The van der Waals surface area contributed by atoms with Crippen LogP contribution in [0.2, 0.25) is 10.0 Å². The van der Waals surface area contributed by atoms with E-state index in [1.165, 1.54) is 12.4 Å². The van der Waals surface area contributed by atoms with Gasteiger partial charge in [0.15, 0.2) is 0 Å². The third-order valence-corrected chi connectivity index (χ3v) is 4.45. The zero-order chi connectivity index (χ0) is 17.1. The van der Waals surface area contributed by atoms with Gasteiger partial charge in [-0.05, 0) is 25.2 Å². The van der Waals surface area contributed by atoms with Gasteiger partial charge in [-0.2, -0.15) is 0 Å². The van der Waals surface area contributed by atoms with Crippen LogP contribution in [0.25, 0.3) is 0 Å². The maximum absolute atomic E-state index is 12.4. The highest BCUT2D eigenvalue weighted by Crippen LogP contribution is 2.22. The summed E-state index contributed by atoms with van der Waals surface area (Å²) in [5.41, 5.74) is 0.348. The lowest BCUT2D eigenvalue weighted by molar-refractivity contribution is 0.102. The van der Waals surface area contributed by atoms with Crippen molar-refractivity contribution in [1.82, 2.24) is 14.9 Å². The van der Waals surface area contributed by atoms with Gasteiger partial charge in [-0.15, -0.1) is 0 Å². The number of nitrogens with one attached hydrogen (secondary N) is 1. The highest BCUT2D eigenvalue weighted by atomic mass is 35.5. The summed E-state index contributed by atoms with van der Waals surface area (Å²) in [4.78, 5) is 25.2. The molecule has 6 nitrogen and oxygen atoms in total. The van der Waals surface area contributed by atoms with Gasteiger partial charge in [0.1, 0.15) is 18.0 Å². The van der Waals surface area contributed by atoms with E-state index in [-0.39, 0.29) is 5.91 Å². The molecule has 1 aliphatic heterocycles. The van der Waals surface area contributed by atoms with Crippen LogP contribution in [0.5, 0.6) is 0 Å². The summed E-state index contributed by atoms with van der Waals surface area (Å²) in [5.74, 6) is 0.908. The predicted octanol–water partition coefficient (Wildman–Crippen LogP) is 2.79. The van der Waals surface area contributed by atoms with Crippen LogP contribution in [0, 0.1) is 0 Å². The number of aromatic nitrogens is 2. The van der Waals surface area contributed by atoms with E-state index < -0.39 is 0 Å². The summed E-state index contributed by atoms with van der Waals surface area (Å²) < 4.78 is 0. The summed E-state index contributed by atoms with van der Waals surface area (Å²) in [6.07, 6.45) is 1.45. The number of benzene rings is 1. The number of rotatable bonds is 3. The molecular weight excluding hydrogens is 349 g/mol. The Morgan fingerprint density at radius 3 is 2.58 bits per heavy atom. The fourth-order valence-corrected chi connectivity index (χ4v) is 2.98. The van der Waals surface area contributed by atoms with E-state index in [9.17, 15) is 4.79 Å². The molecular formula is C16H17Cl2N5O. The first-order chi connectivity index (χ1) is 11.5. The zero-order valence-corrected chi connectivity index (χ0v) is 14.7. The minimum absolute atomic E-state index is 0.299. The summed E-state index contributed by atoms with van der Waals surface area (Å²) in [6.45, 7) is 3.74. The lowest BCUT2D eigenvalue weighted by Crippen LogP contribution is -2.44. The van der Waals surface area contributed by atoms with Crippen LogP contribution < -0.4 is 10.2 Å². The summed E-state index contributed by atoms with van der Waals surface area (Å²) in [7, 11) is 2.10. The second kappa shape index (κ2) is 7.34. The average molecular weight is 366 g/mol. The number of anilines is 2. The fraction of sp³-hybridized carbons (Fsp3) is 0.312. The minimum atomic E-state index is -0.334. The van der Waals surface area contributed by atoms with Crippen LogP contribution >= 0.6 is 23.2 Å². The predicted molar refractivity (Wildman–Crippen MR) is 96.2 cm³/mol. The Labute approximate surface area is 150 Å². The van der Waals surface area contributed by atoms with Gasteiger partial charge in [-0.3, -0.25) is 4.79 Å². The highest BCUT2D eigenvalue weighted by molar-refractivity contribution is 6.37. The SMILES string of the molecule is CN1CCN(c2cc(NC(=O)c3ccc(Cl)cc3Cl)ncn2)CC1. The van der Waals surface area contributed by atoms with Crippen molar-refractivity contribution in [3.8, 4) is 0 Å². The maximum Gasteiger partial charge on any atom is 0.258 e. The first-order valence-electron chi connectivity index (χ1n) is 7.55. The summed E-state index contributed by atoms with van der Waals surface area (Å²) in [5, 5.41) is 3.53. The summed E-state index contributed by atoms with van der Waals surface area (Å²) >= 11 is 11.9. The van der Waals surface area contributed by atoms with Crippen LogP contribution in [0.1, 0.15) is 10.4 Å². The van der Waals surface area contributed by atoms with Crippen LogP contribution in [0.15, 0.2) is 30.6 Å². The van der Waals surface area contributed by atoms with E-state index in [0.717, 1.165) is 32.0 Å². The van der Waals surface area contributed by atoms with Crippen molar-refractivity contribution in [2.24, 2.45) is 0 Å². The molecule has 0 saturated carbocycles. The van der Waals surface area contributed by atoms with Gasteiger partial charge in [-0.25, -0.2) is 9.97 Å². The van der Waals surface area contributed by atoms with Crippen LogP contribution in [0.3, 0.4) is 0 Å².